The van der Waals surface area contributed by atoms with Crippen LogP contribution in [0, 0.1) is 5.92 Å². The molecule has 0 aliphatic heterocycles. The molecule has 0 spiro atoms. The first-order chi connectivity index (χ1) is 8.54. The van der Waals surface area contributed by atoms with Gasteiger partial charge >= 0.3 is 0 Å². The summed E-state index contributed by atoms with van der Waals surface area (Å²) < 4.78 is 5.83. The third-order valence-electron chi connectivity index (χ3n) is 3.20. The van der Waals surface area contributed by atoms with Crippen LogP contribution in [0.4, 0.5) is 0 Å². The number of rotatable bonds is 7. The number of aromatic nitrogens is 1. The van der Waals surface area contributed by atoms with Crippen LogP contribution in [-0.2, 0) is 0 Å². The Morgan fingerprint density at radius 2 is 2.00 bits per heavy atom. The number of nitrogens with one attached hydrogen (secondary N) is 1. The summed E-state index contributed by atoms with van der Waals surface area (Å²) in [5, 5.41) is 3.47. The lowest BCUT2D eigenvalue weighted by atomic mass is 10.1. The van der Waals surface area contributed by atoms with Crippen LogP contribution in [0.15, 0.2) is 18.3 Å². The molecular weight excluding hydrogens is 224 g/mol. The second-order valence-electron chi connectivity index (χ2n) is 5.17. The van der Waals surface area contributed by atoms with Crippen molar-refractivity contribution < 1.29 is 4.74 Å². The molecule has 3 nitrogen and oxygen atoms in total. The number of hydrogen-bond acceptors (Lipinski definition) is 3. The van der Waals surface area contributed by atoms with E-state index in [-0.39, 0.29) is 6.10 Å². The van der Waals surface area contributed by atoms with E-state index in [1.807, 2.05) is 18.3 Å². The maximum atomic E-state index is 5.83. The van der Waals surface area contributed by atoms with Gasteiger partial charge < -0.3 is 10.1 Å². The van der Waals surface area contributed by atoms with Crippen LogP contribution in [0.3, 0.4) is 0 Å². The molecule has 3 heteroatoms. The molecule has 0 bridgehead atoms. The van der Waals surface area contributed by atoms with Gasteiger partial charge in [-0.05, 0) is 44.4 Å². The molecule has 0 saturated heterocycles. The zero-order valence-corrected chi connectivity index (χ0v) is 12.2. The molecule has 102 valence electrons. The van der Waals surface area contributed by atoms with Crippen LogP contribution in [-0.4, -0.2) is 17.6 Å². The highest BCUT2D eigenvalue weighted by Crippen LogP contribution is 2.18. The third kappa shape index (κ3) is 4.65. The fraction of sp³-hybridized carbons (Fsp3) is 0.667. The molecule has 1 heterocycles. The zero-order valence-electron chi connectivity index (χ0n) is 12.2. The highest BCUT2D eigenvalue weighted by molar-refractivity contribution is 5.23. The normalized spacial score (nSPS) is 14.6. The van der Waals surface area contributed by atoms with E-state index in [9.17, 15) is 0 Å². The van der Waals surface area contributed by atoms with Crippen molar-refractivity contribution in [3.05, 3.63) is 23.9 Å². The summed E-state index contributed by atoms with van der Waals surface area (Å²) in [6.45, 7) is 11.8. The molecule has 0 fully saturated rings. The maximum absolute atomic E-state index is 5.83. The molecule has 18 heavy (non-hydrogen) atoms. The van der Waals surface area contributed by atoms with Gasteiger partial charge in [0.15, 0.2) is 0 Å². The van der Waals surface area contributed by atoms with Crippen molar-refractivity contribution in [2.75, 3.05) is 6.54 Å². The van der Waals surface area contributed by atoms with Gasteiger partial charge in [0.2, 0.25) is 5.88 Å². The molecule has 1 rings (SSSR count). The highest BCUT2D eigenvalue weighted by atomic mass is 16.5. The Labute approximate surface area is 111 Å². The summed E-state index contributed by atoms with van der Waals surface area (Å²) in [4.78, 5) is 4.27. The topological polar surface area (TPSA) is 34.2 Å². The molecule has 0 amide bonds. The molecule has 0 aliphatic rings. The lowest BCUT2D eigenvalue weighted by molar-refractivity contribution is 0.163. The molecule has 0 aromatic carbocycles. The fourth-order valence-corrected chi connectivity index (χ4v) is 1.56. The molecule has 0 saturated carbocycles. The van der Waals surface area contributed by atoms with Crippen molar-refractivity contribution >= 4 is 0 Å². The second-order valence-corrected chi connectivity index (χ2v) is 5.17. The molecule has 2 atom stereocenters. The second kappa shape index (κ2) is 7.37. The van der Waals surface area contributed by atoms with Gasteiger partial charge in [0, 0.05) is 18.3 Å². The van der Waals surface area contributed by atoms with Crippen LogP contribution in [0.1, 0.15) is 52.6 Å². The van der Waals surface area contributed by atoms with E-state index in [1.165, 1.54) is 5.56 Å². The van der Waals surface area contributed by atoms with Crippen molar-refractivity contribution in [1.29, 1.82) is 0 Å². The predicted molar refractivity (Wildman–Crippen MR) is 75.9 cm³/mol. The Morgan fingerprint density at radius 3 is 2.61 bits per heavy atom. The number of hydrogen-bond donors (Lipinski definition) is 1. The Bertz CT molecular complexity index is 352. The lowest BCUT2D eigenvalue weighted by Crippen LogP contribution is -2.21. The summed E-state index contributed by atoms with van der Waals surface area (Å²) in [6, 6.07) is 4.41. The predicted octanol–water partition coefficient (Wildman–Crippen LogP) is 3.57. The van der Waals surface area contributed by atoms with Crippen molar-refractivity contribution in [2.24, 2.45) is 5.92 Å². The minimum absolute atomic E-state index is 0.187. The van der Waals surface area contributed by atoms with E-state index in [1.54, 1.807) is 0 Å². The summed E-state index contributed by atoms with van der Waals surface area (Å²) in [5.74, 6) is 1.21. The van der Waals surface area contributed by atoms with E-state index in [0.29, 0.717) is 12.0 Å². The summed E-state index contributed by atoms with van der Waals surface area (Å²) in [6.07, 6.45) is 3.15. The molecule has 1 aromatic heterocycles. The SMILES string of the molecule is CCCNC(C)c1ccnc(OC(C)C(C)C)c1. The van der Waals surface area contributed by atoms with Crippen LogP contribution >= 0.6 is 0 Å². The fourth-order valence-electron chi connectivity index (χ4n) is 1.56. The standard InChI is InChI=1S/C15H26N2O/c1-6-8-16-12(4)14-7-9-17-15(10-14)18-13(5)11(2)3/h7,9-13,16H,6,8H2,1-5H3. The van der Waals surface area contributed by atoms with E-state index in [0.717, 1.165) is 18.8 Å². The van der Waals surface area contributed by atoms with Crippen LogP contribution in [0.2, 0.25) is 0 Å². The van der Waals surface area contributed by atoms with Gasteiger partial charge in [-0.2, -0.15) is 0 Å². The molecule has 2 unspecified atom stereocenters. The number of pyridine rings is 1. The van der Waals surface area contributed by atoms with E-state index >= 15 is 0 Å². The van der Waals surface area contributed by atoms with E-state index in [2.05, 4.69) is 44.9 Å². The molecular formula is C15H26N2O. The van der Waals surface area contributed by atoms with Gasteiger partial charge in [-0.1, -0.05) is 20.8 Å². The zero-order chi connectivity index (χ0) is 13.5. The van der Waals surface area contributed by atoms with E-state index in [4.69, 9.17) is 4.74 Å². The smallest absolute Gasteiger partial charge is 0.213 e. The largest absolute Gasteiger partial charge is 0.474 e. The molecule has 1 N–H and O–H groups in total. The minimum Gasteiger partial charge on any atom is -0.474 e. The van der Waals surface area contributed by atoms with Gasteiger partial charge in [0.05, 0.1) is 6.10 Å². The van der Waals surface area contributed by atoms with Crippen LogP contribution in [0.5, 0.6) is 5.88 Å². The number of ether oxygens (including phenoxy) is 1. The summed E-state index contributed by atoms with van der Waals surface area (Å²) in [5.41, 5.74) is 1.23. The van der Waals surface area contributed by atoms with Crippen molar-refractivity contribution in [2.45, 2.75) is 53.2 Å². The van der Waals surface area contributed by atoms with Gasteiger partial charge in [-0.25, -0.2) is 4.98 Å². The monoisotopic (exact) mass is 250 g/mol. The van der Waals surface area contributed by atoms with Crippen molar-refractivity contribution in [1.82, 2.24) is 10.3 Å². The summed E-state index contributed by atoms with van der Waals surface area (Å²) in [7, 11) is 0. The third-order valence-corrected chi connectivity index (χ3v) is 3.20. The van der Waals surface area contributed by atoms with Crippen molar-refractivity contribution in [3.63, 3.8) is 0 Å². The van der Waals surface area contributed by atoms with Gasteiger partial charge in [0.25, 0.3) is 0 Å². The molecule has 1 aromatic rings. The first-order valence-electron chi connectivity index (χ1n) is 6.90. The minimum atomic E-state index is 0.187. The number of nitrogens with zero attached hydrogens (tertiary/aromatic N) is 1. The first kappa shape index (κ1) is 15.0. The molecule has 0 radical (unpaired) electrons. The van der Waals surface area contributed by atoms with Gasteiger partial charge in [-0.3, -0.25) is 0 Å². The van der Waals surface area contributed by atoms with Gasteiger partial charge in [-0.15, -0.1) is 0 Å². The first-order valence-corrected chi connectivity index (χ1v) is 6.90. The maximum Gasteiger partial charge on any atom is 0.213 e. The Morgan fingerprint density at radius 1 is 1.28 bits per heavy atom. The van der Waals surface area contributed by atoms with Gasteiger partial charge in [0.1, 0.15) is 0 Å². The van der Waals surface area contributed by atoms with Crippen molar-refractivity contribution in [3.8, 4) is 5.88 Å². The molecule has 0 aliphatic carbocycles. The Kier molecular flexibility index (Phi) is 6.13. The van der Waals surface area contributed by atoms with Crippen LogP contribution in [0.25, 0.3) is 0 Å². The quantitative estimate of drug-likeness (QED) is 0.803. The van der Waals surface area contributed by atoms with E-state index < -0.39 is 0 Å². The average Bonchev–Trinajstić information content (AvgIpc) is 2.36. The highest BCUT2D eigenvalue weighted by Gasteiger charge is 2.11. The average molecular weight is 250 g/mol. The lowest BCUT2D eigenvalue weighted by Gasteiger charge is -2.19. The Hall–Kier alpha value is -1.09. The summed E-state index contributed by atoms with van der Waals surface area (Å²) >= 11 is 0. The Balaban J connectivity index is 2.67. The van der Waals surface area contributed by atoms with Crippen LogP contribution < -0.4 is 10.1 Å².